The van der Waals surface area contributed by atoms with Crippen molar-refractivity contribution in [2.75, 3.05) is 0 Å². The van der Waals surface area contributed by atoms with E-state index in [0.29, 0.717) is 6.04 Å². The first-order chi connectivity index (χ1) is 9.63. The molecule has 1 N–H and O–H groups in total. The first kappa shape index (κ1) is 14.1. The number of nitrogens with one attached hydrogen (secondary N) is 1. The normalized spacial score (nSPS) is 19.6. The molecular weight excluding hydrogens is 293 g/mol. The van der Waals surface area contributed by atoms with E-state index >= 15 is 0 Å². The van der Waals surface area contributed by atoms with Crippen molar-refractivity contribution in [3.63, 3.8) is 0 Å². The van der Waals surface area contributed by atoms with E-state index in [9.17, 15) is 4.39 Å². The zero-order chi connectivity index (χ0) is 14.1. The number of rotatable bonds is 3. The Bertz CT molecular complexity index is 593. The molecule has 3 rings (SSSR count). The Labute approximate surface area is 127 Å². The summed E-state index contributed by atoms with van der Waals surface area (Å²) in [5, 5.41) is 3.65. The monoisotopic (exact) mass is 309 g/mol. The van der Waals surface area contributed by atoms with Crippen LogP contribution in [0.5, 0.6) is 0 Å². The van der Waals surface area contributed by atoms with Crippen molar-refractivity contribution in [2.45, 2.75) is 38.3 Å². The van der Waals surface area contributed by atoms with Crippen molar-refractivity contribution in [3.05, 3.63) is 56.5 Å². The van der Waals surface area contributed by atoms with Gasteiger partial charge in [0.05, 0.1) is 4.34 Å². The molecule has 2 aromatic rings. The lowest BCUT2D eigenvalue weighted by Crippen LogP contribution is -2.27. The molecule has 0 amide bonds. The minimum absolute atomic E-state index is 0.189. The van der Waals surface area contributed by atoms with Gasteiger partial charge in [-0.2, -0.15) is 0 Å². The molecule has 1 nitrogen and oxygen atoms in total. The van der Waals surface area contributed by atoms with Crippen LogP contribution < -0.4 is 5.32 Å². The van der Waals surface area contributed by atoms with Gasteiger partial charge in [0.2, 0.25) is 0 Å². The highest BCUT2D eigenvalue weighted by atomic mass is 35.5. The minimum atomic E-state index is -0.189. The van der Waals surface area contributed by atoms with Gasteiger partial charge in [-0.15, -0.1) is 11.3 Å². The van der Waals surface area contributed by atoms with E-state index in [2.05, 4.69) is 18.3 Å². The molecule has 0 saturated heterocycles. The van der Waals surface area contributed by atoms with E-state index in [1.165, 1.54) is 29.0 Å². The number of hydrogen-bond acceptors (Lipinski definition) is 2. The number of fused-ring (bicyclic) bond motifs is 1. The van der Waals surface area contributed by atoms with E-state index in [1.807, 2.05) is 12.1 Å². The van der Waals surface area contributed by atoms with Crippen molar-refractivity contribution in [2.24, 2.45) is 0 Å². The number of benzene rings is 1. The van der Waals surface area contributed by atoms with Crippen LogP contribution >= 0.6 is 22.9 Å². The maximum atomic E-state index is 13.0. The fourth-order valence-electron chi connectivity index (χ4n) is 2.84. The summed E-state index contributed by atoms with van der Waals surface area (Å²) in [6, 6.07) is 9.36. The summed E-state index contributed by atoms with van der Waals surface area (Å²) < 4.78 is 13.8. The number of halogens is 2. The molecule has 20 heavy (non-hydrogen) atoms. The molecule has 1 aromatic heterocycles. The fourth-order valence-corrected chi connectivity index (χ4v) is 4.23. The third kappa shape index (κ3) is 2.90. The molecule has 0 saturated carbocycles. The van der Waals surface area contributed by atoms with Gasteiger partial charge >= 0.3 is 0 Å². The smallest absolute Gasteiger partial charge is 0.123 e. The maximum absolute atomic E-state index is 13.0. The Hall–Kier alpha value is -0.900. The topological polar surface area (TPSA) is 12.0 Å². The first-order valence-corrected chi connectivity index (χ1v) is 8.12. The van der Waals surface area contributed by atoms with Gasteiger partial charge in [0.25, 0.3) is 0 Å². The van der Waals surface area contributed by atoms with Crippen molar-refractivity contribution >= 4 is 22.9 Å². The lowest BCUT2D eigenvalue weighted by Gasteiger charge is -2.27. The number of aryl methyl sites for hydroxylation is 1. The summed E-state index contributed by atoms with van der Waals surface area (Å²) >= 11 is 7.83. The zero-order valence-electron chi connectivity index (χ0n) is 11.3. The summed E-state index contributed by atoms with van der Waals surface area (Å²) in [5.41, 5.74) is 2.46. The fraction of sp³-hybridized carbons (Fsp3) is 0.375. The van der Waals surface area contributed by atoms with Crippen molar-refractivity contribution in [1.82, 2.24) is 5.32 Å². The van der Waals surface area contributed by atoms with E-state index in [4.69, 9.17) is 11.6 Å². The van der Waals surface area contributed by atoms with Crippen LogP contribution in [0.15, 0.2) is 30.3 Å². The Kier molecular flexibility index (Phi) is 4.11. The Balaban J connectivity index is 1.76. The van der Waals surface area contributed by atoms with Gasteiger partial charge < -0.3 is 5.32 Å². The van der Waals surface area contributed by atoms with Gasteiger partial charge in [-0.1, -0.05) is 23.7 Å². The summed E-state index contributed by atoms with van der Waals surface area (Å²) in [4.78, 5) is 1.41. The molecule has 0 bridgehead atoms. The Morgan fingerprint density at radius 2 is 2.10 bits per heavy atom. The minimum Gasteiger partial charge on any atom is -0.303 e. The molecule has 1 aliphatic carbocycles. The second-order valence-corrected chi connectivity index (χ2v) is 7.08. The molecule has 1 aromatic carbocycles. The highest BCUT2D eigenvalue weighted by Gasteiger charge is 2.24. The molecule has 0 spiro atoms. The summed E-state index contributed by atoms with van der Waals surface area (Å²) in [6.45, 7) is 2.12. The molecule has 0 fully saturated rings. The van der Waals surface area contributed by atoms with Gasteiger partial charge in [0, 0.05) is 17.0 Å². The average Bonchev–Trinajstić information content (AvgIpc) is 2.81. The lowest BCUT2D eigenvalue weighted by molar-refractivity contribution is 0.418. The van der Waals surface area contributed by atoms with Gasteiger partial charge in [-0.25, -0.2) is 4.39 Å². The summed E-state index contributed by atoms with van der Waals surface area (Å²) in [5.74, 6) is -0.189. The Morgan fingerprint density at radius 1 is 1.35 bits per heavy atom. The van der Waals surface area contributed by atoms with Crippen LogP contribution in [0, 0.1) is 5.82 Å². The van der Waals surface area contributed by atoms with Crippen LogP contribution in [0.2, 0.25) is 4.34 Å². The molecule has 2 atom stereocenters. The molecule has 4 heteroatoms. The van der Waals surface area contributed by atoms with Crippen LogP contribution in [0.1, 0.15) is 47.9 Å². The number of thiophene rings is 1. The summed E-state index contributed by atoms with van der Waals surface area (Å²) in [7, 11) is 0. The number of hydrogen-bond donors (Lipinski definition) is 1. The largest absolute Gasteiger partial charge is 0.303 e. The van der Waals surface area contributed by atoms with Gasteiger partial charge in [0.15, 0.2) is 0 Å². The van der Waals surface area contributed by atoms with Gasteiger partial charge in [0.1, 0.15) is 5.82 Å². The lowest BCUT2D eigenvalue weighted by atomic mass is 9.93. The predicted octanol–water partition coefficient (Wildman–Crippen LogP) is 5.27. The van der Waals surface area contributed by atoms with Crippen LogP contribution in [-0.2, 0) is 6.42 Å². The second-order valence-electron chi connectivity index (χ2n) is 5.31. The third-order valence-electron chi connectivity index (χ3n) is 3.90. The maximum Gasteiger partial charge on any atom is 0.123 e. The van der Waals surface area contributed by atoms with Crippen LogP contribution in [0.4, 0.5) is 4.39 Å². The van der Waals surface area contributed by atoms with Crippen molar-refractivity contribution in [3.8, 4) is 0 Å². The highest BCUT2D eigenvalue weighted by molar-refractivity contribution is 7.16. The van der Waals surface area contributed by atoms with Crippen molar-refractivity contribution < 1.29 is 4.39 Å². The Morgan fingerprint density at radius 3 is 2.85 bits per heavy atom. The predicted molar refractivity (Wildman–Crippen MR) is 83.0 cm³/mol. The zero-order valence-corrected chi connectivity index (χ0v) is 12.9. The van der Waals surface area contributed by atoms with Gasteiger partial charge in [-0.3, -0.25) is 0 Å². The molecule has 1 unspecified atom stereocenters. The van der Waals surface area contributed by atoms with E-state index in [-0.39, 0.29) is 11.9 Å². The summed E-state index contributed by atoms with van der Waals surface area (Å²) in [6.07, 6.45) is 3.46. The highest BCUT2D eigenvalue weighted by Crippen LogP contribution is 2.38. The quantitative estimate of drug-likeness (QED) is 0.814. The van der Waals surface area contributed by atoms with Crippen LogP contribution in [-0.4, -0.2) is 0 Å². The molecule has 0 radical (unpaired) electrons. The van der Waals surface area contributed by atoms with Crippen LogP contribution in [0.25, 0.3) is 0 Å². The molecule has 106 valence electrons. The van der Waals surface area contributed by atoms with E-state index < -0.39 is 0 Å². The average molecular weight is 310 g/mol. The standard InChI is InChI=1S/C16H17ClFNS/c1-10(11-5-7-12(18)8-6-11)19-14-3-2-4-15-13(14)9-16(17)20-15/h5-10,14,19H,2-4H2,1H3/t10-,14?/m1/s1. The molecule has 1 heterocycles. The second kappa shape index (κ2) is 5.84. The van der Waals surface area contributed by atoms with Gasteiger partial charge in [-0.05, 0) is 55.5 Å². The van der Waals surface area contributed by atoms with Crippen LogP contribution in [0.3, 0.4) is 0 Å². The SMILES string of the molecule is C[C@@H](NC1CCCc2sc(Cl)cc21)c1ccc(F)cc1. The molecule has 1 aliphatic rings. The molecule has 0 aliphatic heterocycles. The van der Waals surface area contributed by atoms with Crippen molar-refractivity contribution in [1.29, 1.82) is 0 Å². The van der Waals surface area contributed by atoms with E-state index in [1.54, 1.807) is 11.3 Å². The molecular formula is C16H17ClFNS. The first-order valence-electron chi connectivity index (χ1n) is 6.93. The van der Waals surface area contributed by atoms with E-state index in [0.717, 1.165) is 22.7 Å². The third-order valence-corrected chi connectivity index (χ3v) is 5.24.